The van der Waals surface area contributed by atoms with E-state index in [1.165, 1.54) is 18.0 Å². The Morgan fingerprint density at radius 2 is 1.88 bits per heavy atom. The van der Waals surface area contributed by atoms with Crippen molar-refractivity contribution in [2.24, 2.45) is 0 Å². The summed E-state index contributed by atoms with van der Waals surface area (Å²) in [4.78, 5) is 28.3. The van der Waals surface area contributed by atoms with E-state index in [9.17, 15) is 9.59 Å². The minimum absolute atomic E-state index is 0.258. The zero-order valence-electron chi connectivity index (χ0n) is 14.1. The number of ether oxygens (including phenoxy) is 2. The number of esters is 2. The highest BCUT2D eigenvalue weighted by molar-refractivity contribution is 7.98. The van der Waals surface area contributed by atoms with Crippen molar-refractivity contribution in [1.82, 2.24) is 9.55 Å². The summed E-state index contributed by atoms with van der Waals surface area (Å²) >= 11 is 1.41. The fraction of sp³-hybridized carbons (Fsp3) is 0.353. The summed E-state index contributed by atoms with van der Waals surface area (Å²) < 4.78 is 11.9. The van der Waals surface area contributed by atoms with Crippen LogP contribution in [-0.4, -0.2) is 40.0 Å². The summed E-state index contributed by atoms with van der Waals surface area (Å²) in [5.41, 5.74) is 0.430. The Labute approximate surface area is 145 Å². The highest BCUT2D eigenvalue weighted by Gasteiger charge is 2.22. The Balaban J connectivity index is 2.16. The highest BCUT2D eigenvalue weighted by Crippen LogP contribution is 2.22. The first kappa shape index (κ1) is 18.1. The molecule has 1 aromatic carbocycles. The Morgan fingerprint density at radius 1 is 1.21 bits per heavy atom. The number of benzene rings is 1. The molecule has 0 saturated carbocycles. The average molecular weight is 348 g/mol. The topological polar surface area (TPSA) is 70.4 Å². The van der Waals surface area contributed by atoms with Crippen molar-refractivity contribution in [3.05, 3.63) is 42.2 Å². The standard InChI is InChI=1S/C17H20N2O4S/c1-17(2,3)23-14(20)11-22-15(21)13-10-18-16(24-4)19(13)12-8-6-5-7-9-12/h5-10H,11H2,1-4H3. The summed E-state index contributed by atoms with van der Waals surface area (Å²) in [5, 5.41) is 0.658. The molecule has 1 aromatic heterocycles. The SMILES string of the molecule is CSc1ncc(C(=O)OCC(=O)OC(C)(C)C)n1-c1ccccc1. The lowest BCUT2D eigenvalue weighted by molar-refractivity contribution is -0.158. The highest BCUT2D eigenvalue weighted by atomic mass is 32.2. The molecule has 6 nitrogen and oxygen atoms in total. The molecule has 2 rings (SSSR count). The predicted molar refractivity (Wildman–Crippen MR) is 91.5 cm³/mol. The van der Waals surface area contributed by atoms with Gasteiger partial charge in [0, 0.05) is 5.69 Å². The largest absolute Gasteiger partial charge is 0.457 e. The second-order valence-corrected chi connectivity index (χ2v) is 6.74. The van der Waals surface area contributed by atoms with Gasteiger partial charge in [0.25, 0.3) is 0 Å². The molecule has 2 aromatic rings. The van der Waals surface area contributed by atoms with Crippen LogP contribution in [-0.2, 0) is 14.3 Å². The summed E-state index contributed by atoms with van der Waals surface area (Å²) in [5.74, 6) is -1.22. The molecule has 0 spiro atoms. The zero-order valence-corrected chi connectivity index (χ0v) is 14.9. The molecule has 0 unspecified atom stereocenters. The van der Waals surface area contributed by atoms with Gasteiger partial charge in [-0.15, -0.1) is 0 Å². The van der Waals surface area contributed by atoms with Crippen molar-refractivity contribution in [2.45, 2.75) is 31.5 Å². The quantitative estimate of drug-likeness (QED) is 0.611. The van der Waals surface area contributed by atoms with Crippen LogP contribution in [0.2, 0.25) is 0 Å². The molecular weight excluding hydrogens is 328 g/mol. The van der Waals surface area contributed by atoms with Gasteiger partial charge in [-0.05, 0) is 39.2 Å². The van der Waals surface area contributed by atoms with Crippen LogP contribution in [0.3, 0.4) is 0 Å². The van der Waals surface area contributed by atoms with Gasteiger partial charge in [0.05, 0.1) is 6.20 Å². The van der Waals surface area contributed by atoms with Crippen molar-refractivity contribution in [1.29, 1.82) is 0 Å². The van der Waals surface area contributed by atoms with Crippen LogP contribution in [0.5, 0.6) is 0 Å². The number of aromatic nitrogens is 2. The van der Waals surface area contributed by atoms with Crippen LogP contribution >= 0.6 is 11.8 Å². The lowest BCUT2D eigenvalue weighted by atomic mass is 10.2. The van der Waals surface area contributed by atoms with Gasteiger partial charge in [0.15, 0.2) is 17.5 Å². The molecule has 0 atom stereocenters. The fourth-order valence-corrected chi connectivity index (χ4v) is 2.56. The Kier molecular flexibility index (Phi) is 5.66. The molecule has 0 aliphatic heterocycles. The predicted octanol–water partition coefficient (Wildman–Crippen LogP) is 3.09. The molecule has 1 heterocycles. The third-order valence-electron chi connectivity index (χ3n) is 2.88. The minimum atomic E-state index is -0.627. The molecule has 0 radical (unpaired) electrons. The molecule has 24 heavy (non-hydrogen) atoms. The number of thioether (sulfide) groups is 1. The van der Waals surface area contributed by atoms with Crippen LogP contribution in [0.4, 0.5) is 0 Å². The maximum atomic E-state index is 12.3. The second-order valence-electron chi connectivity index (χ2n) is 5.96. The first-order valence-corrected chi connectivity index (χ1v) is 8.60. The van der Waals surface area contributed by atoms with Crippen LogP contribution in [0.15, 0.2) is 41.7 Å². The van der Waals surface area contributed by atoms with E-state index in [4.69, 9.17) is 9.47 Å². The Morgan fingerprint density at radius 3 is 2.46 bits per heavy atom. The van der Waals surface area contributed by atoms with E-state index < -0.39 is 24.1 Å². The van der Waals surface area contributed by atoms with Gasteiger partial charge in [-0.2, -0.15) is 0 Å². The lowest BCUT2D eigenvalue weighted by Crippen LogP contribution is -2.27. The molecule has 0 bridgehead atoms. The number of imidazole rings is 1. The molecule has 0 N–H and O–H groups in total. The van der Waals surface area contributed by atoms with E-state index in [1.54, 1.807) is 25.3 Å². The van der Waals surface area contributed by atoms with Crippen LogP contribution in [0, 0.1) is 0 Å². The maximum Gasteiger partial charge on any atom is 0.357 e. The molecule has 0 aliphatic rings. The first-order chi connectivity index (χ1) is 11.3. The van der Waals surface area contributed by atoms with E-state index in [0.717, 1.165) is 5.69 Å². The molecule has 0 aliphatic carbocycles. The molecule has 128 valence electrons. The Hall–Kier alpha value is -2.28. The van der Waals surface area contributed by atoms with E-state index in [1.807, 2.05) is 36.6 Å². The average Bonchev–Trinajstić information content (AvgIpc) is 2.96. The van der Waals surface area contributed by atoms with Crippen molar-refractivity contribution in [2.75, 3.05) is 12.9 Å². The maximum absolute atomic E-state index is 12.3. The van der Waals surface area contributed by atoms with Gasteiger partial charge >= 0.3 is 11.9 Å². The van der Waals surface area contributed by atoms with E-state index in [0.29, 0.717) is 5.16 Å². The summed E-state index contributed by atoms with van der Waals surface area (Å²) in [7, 11) is 0. The van der Waals surface area contributed by atoms with E-state index in [-0.39, 0.29) is 5.69 Å². The minimum Gasteiger partial charge on any atom is -0.457 e. The molecule has 0 fully saturated rings. The number of hydrogen-bond donors (Lipinski definition) is 0. The number of para-hydroxylation sites is 1. The van der Waals surface area contributed by atoms with Crippen molar-refractivity contribution in [3.8, 4) is 5.69 Å². The van der Waals surface area contributed by atoms with Gasteiger partial charge in [0.2, 0.25) is 0 Å². The second kappa shape index (κ2) is 7.53. The number of hydrogen-bond acceptors (Lipinski definition) is 6. The summed E-state index contributed by atoms with van der Waals surface area (Å²) in [6, 6.07) is 9.36. The van der Waals surface area contributed by atoms with Crippen LogP contribution in [0.1, 0.15) is 31.3 Å². The third-order valence-corrected chi connectivity index (χ3v) is 3.53. The normalized spacial score (nSPS) is 11.2. The molecule has 0 saturated heterocycles. The Bertz CT molecular complexity index is 720. The monoisotopic (exact) mass is 348 g/mol. The zero-order chi connectivity index (χ0) is 17.7. The van der Waals surface area contributed by atoms with Gasteiger partial charge < -0.3 is 9.47 Å². The van der Waals surface area contributed by atoms with Gasteiger partial charge in [-0.1, -0.05) is 30.0 Å². The third kappa shape index (κ3) is 4.61. The summed E-state index contributed by atoms with van der Waals surface area (Å²) in [6.07, 6.45) is 3.31. The molecule has 7 heteroatoms. The molecular formula is C17H20N2O4S. The number of carbonyl (C=O) groups excluding carboxylic acids is 2. The number of carbonyl (C=O) groups is 2. The van der Waals surface area contributed by atoms with Crippen LogP contribution < -0.4 is 0 Å². The fourth-order valence-electron chi connectivity index (χ4n) is 2.02. The molecule has 0 amide bonds. The lowest BCUT2D eigenvalue weighted by Gasteiger charge is -2.19. The first-order valence-electron chi connectivity index (χ1n) is 7.38. The summed E-state index contributed by atoms with van der Waals surface area (Å²) in [6.45, 7) is 4.82. The van der Waals surface area contributed by atoms with Gasteiger partial charge in [-0.25, -0.2) is 14.6 Å². The van der Waals surface area contributed by atoms with Crippen molar-refractivity contribution < 1.29 is 19.1 Å². The van der Waals surface area contributed by atoms with Gasteiger partial charge in [0.1, 0.15) is 5.60 Å². The van der Waals surface area contributed by atoms with E-state index in [2.05, 4.69) is 4.98 Å². The van der Waals surface area contributed by atoms with Gasteiger partial charge in [-0.3, -0.25) is 4.57 Å². The van der Waals surface area contributed by atoms with E-state index >= 15 is 0 Å². The number of rotatable bonds is 5. The smallest absolute Gasteiger partial charge is 0.357 e. The van der Waals surface area contributed by atoms with Crippen LogP contribution in [0.25, 0.3) is 5.69 Å². The van der Waals surface area contributed by atoms with Crippen molar-refractivity contribution in [3.63, 3.8) is 0 Å². The van der Waals surface area contributed by atoms with Crippen molar-refractivity contribution >= 4 is 23.7 Å². The number of nitrogens with zero attached hydrogens (tertiary/aromatic N) is 2.